The van der Waals surface area contributed by atoms with Crippen LogP contribution in [0.25, 0.3) is 0 Å². The number of hydrogen-bond donors (Lipinski definition) is 1. The van der Waals surface area contributed by atoms with Crippen LogP contribution in [0.3, 0.4) is 0 Å². The SMILES string of the molecule is COc1ccc(S(=O)(=O)Nc2ccc3c(c2)CCN3C(=O)C2CCCC2)c(OC)c1. The Balaban J connectivity index is 1.56. The molecule has 160 valence electrons. The zero-order valence-electron chi connectivity index (χ0n) is 17.2. The number of nitrogens with one attached hydrogen (secondary N) is 1. The third-order valence-electron chi connectivity index (χ3n) is 5.86. The lowest BCUT2D eigenvalue weighted by molar-refractivity contribution is -0.122. The van der Waals surface area contributed by atoms with E-state index in [0.717, 1.165) is 43.4 Å². The minimum absolute atomic E-state index is 0.0318. The smallest absolute Gasteiger partial charge is 0.265 e. The molecule has 1 fully saturated rings. The number of rotatable bonds is 6. The van der Waals surface area contributed by atoms with Gasteiger partial charge in [0.25, 0.3) is 10.0 Å². The van der Waals surface area contributed by atoms with Crippen LogP contribution in [0.5, 0.6) is 11.5 Å². The summed E-state index contributed by atoms with van der Waals surface area (Å²) >= 11 is 0. The maximum atomic E-state index is 12.9. The van der Waals surface area contributed by atoms with Gasteiger partial charge in [0.05, 0.1) is 14.2 Å². The first-order chi connectivity index (χ1) is 14.4. The lowest BCUT2D eigenvalue weighted by Crippen LogP contribution is -2.33. The Labute approximate surface area is 177 Å². The molecule has 30 heavy (non-hydrogen) atoms. The largest absolute Gasteiger partial charge is 0.497 e. The molecule has 0 aromatic heterocycles. The van der Waals surface area contributed by atoms with Gasteiger partial charge in [-0.3, -0.25) is 9.52 Å². The number of fused-ring (bicyclic) bond motifs is 1. The number of methoxy groups -OCH3 is 2. The topological polar surface area (TPSA) is 84.9 Å². The van der Waals surface area contributed by atoms with Crippen LogP contribution in [-0.4, -0.2) is 35.1 Å². The van der Waals surface area contributed by atoms with Gasteiger partial charge in [0.1, 0.15) is 16.4 Å². The highest BCUT2D eigenvalue weighted by atomic mass is 32.2. The first-order valence-electron chi connectivity index (χ1n) is 10.1. The van der Waals surface area contributed by atoms with Crippen molar-refractivity contribution in [3.05, 3.63) is 42.0 Å². The van der Waals surface area contributed by atoms with Crippen molar-refractivity contribution in [1.82, 2.24) is 0 Å². The zero-order valence-corrected chi connectivity index (χ0v) is 18.0. The van der Waals surface area contributed by atoms with Crippen molar-refractivity contribution in [3.8, 4) is 11.5 Å². The second-order valence-corrected chi connectivity index (χ2v) is 9.34. The standard InChI is InChI=1S/C22H26N2O5S/c1-28-18-8-10-21(20(14-18)29-2)30(26,27)23-17-7-9-19-16(13-17)11-12-24(19)22(25)15-5-3-4-6-15/h7-10,13-15,23H,3-6,11-12H2,1-2H3. The van der Waals surface area contributed by atoms with Crippen molar-refractivity contribution >= 4 is 27.3 Å². The highest BCUT2D eigenvalue weighted by molar-refractivity contribution is 7.92. The molecule has 4 rings (SSSR count). The van der Waals surface area contributed by atoms with Gasteiger partial charge in [-0.1, -0.05) is 12.8 Å². The van der Waals surface area contributed by atoms with Crippen LogP contribution in [0.15, 0.2) is 41.3 Å². The Morgan fingerprint density at radius 2 is 1.83 bits per heavy atom. The summed E-state index contributed by atoms with van der Waals surface area (Å²) in [7, 11) is -0.930. The highest BCUT2D eigenvalue weighted by Crippen LogP contribution is 2.36. The van der Waals surface area contributed by atoms with Gasteiger partial charge in [0.2, 0.25) is 5.91 Å². The Kier molecular flexibility index (Phi) is 5.60. The first-order valence-corrected chi connectivity index (χ1v) is 11.6. The molecule has 1 heterocycles. The number of amides is 1. The van der Waals surface area contributed by atoms with Gasteiger partial charge in [-0.25, -0.2) is 8.42 Å². The maximum absolute atomic E-state index is 12.9. The van der Waals surface area contributed by atoms with Gasteiger partial charge in [0, 0.05) is 29.9 Å². The van der Waals surface area contributed by atoms with E-state index in [2.05, 4.69) is 4.72 Å². The Morgan fingerprint density at radius 1 is 1.07 bits per heavy atom. The predicted molar refractivity (Wildman–Crippen MR) is 115 cm³/mol. The van der Waals surface area contributed by atoms with Crippen LogP contribution in [0, 0.1) is 5.92 Å². The van der Waals surface area contributed by atoms with E-state index >= 15 is 0 Å². The van der Waals surface area contributed by atoms with E-state index in [0.29, 0.717) is 18.0 Å². The average Bonchev–Trinajstić information content (AvgIpc) is 3.42. The van der Waals surface area contributed by atoms with Gasteiger partial charge in [-0.2, -0.15) is 0 Å². The van der Waals surface area contributed by atoms with Gasteiger partial charge >= 0.3 is 0 Å². The van der Waals surface area contributed by atoms with E-state index in [1.807, 2.05) is 17.0 Å². The molecular formula is C22H26N2O5S. The maximum Gasteiger partial charge on any atom is 0.265 e. The average molecular weight is 431 g/mol. The fraction of sp³-hybridized carbons (Fsp3) is 0.409. The molecule has 7 nitrogen and oxygen atoms in total. The molecule has 0 saturated heterocycles. The number of anilines is 2. The number of sulfonamides is 1. The number of ether oxygens (including phenoxy) is 2. The summed E-state index contributed by atoms with van der Waals surface area (Å²) in [5.41, 5.74) is 2.32. The summed E-state index contributed by atoms with van der Waals surface area (Å²) in [6.07, 6.45) is 4.88. The van der Waals surface area contributed by atoms with Crippen molar-refractivity contribution in [2.45, 2.75) is 37.0 Å². The Hall–Kier alpha value is -2.74. The minimum atomic E-state index is -3.85. The van der Waals surface area contributed by atoms with Crippen LogP contribution in [0.2, 0.25) is 0 Å². The van der Waals surface area contributed by atoms with Gasteiger partial charge in [-0.15, -0.1) is 0 Å². The van der Waals surface area contributed by atoms with Crippen molar-refractivity contribution in [2.24, 2.45) is 5.92 Å². The van der Waals surface area contributed by atoms with Crippen LogP contribution < -0.4 is 19.1 Å². The second-order valence-electron chi connectivity index (χ2n) is 7.69. The van der Waals surface area contributed by atoms with E-state index in [9.17, 15) is 13.2 Å². The summed E-state index contributed by atoms with van der Waals surface area (Å²) in [6.45, 7) is 0.646. The van der Waals surface area contributed by atoms with Crippen LogP contribution in [0.1, 0.15) is 31.2 Å². The van der Waals surface area contributed by atoms with Crippen molar-refractivity contribution in [1.29, 1.82) is 0 Å². The minimum Gasteiger partial charge on any atom is -0.497 e. The van der Waals surface area contributed by atoms with Gasteiger partial charge in [-0.05, 0) is 55.2 Å². The van der Waals surface area contributed by atoms with Crippen molar-refractivity contribution < 1.29 is 22.7 Å². The van der Waals surface area contributed by atoms with E-state index in [-0.39, 0.29) is 22.5 Å². The van der Waals surface area contributed by atoms with E-state index in [1.54, 1.807) is 12.1 Å². The van der Waals surface area contributed by atoms with Crippen molar-refractivity contribution in [2.75, 3.05) is 30.4 Å². The molecule has 1 aliphatic carbocycles. The Bertz CT molecular complexity index is 1060. The van der Waals surface area contributed by atoms with Crippen LogP contribution in [-0.2, 0) is 21.2 Å². The van der Waals surface area contributed by atoms with Crippen molar-refractivity contribution in [3.63, 3.8) is 0 Å². The van der Waals surface area contributed by atoms with E-state index < -0.39 is 10.0 Å². The second kappa shape index (κ2) is 8.18. The number of hydrogen-bond acceptors (Lipinski definition) is 5. The lowest BCUT2D eigenvalue weighted by Gasteiger charge is -2.21. The molecule has 8 heteroatoms. The van der Waals surface area contributed by atoms with Gasteiger partial charge < -0.3 is 14.4 Å². The molecule has 1 aliphatic heterocycles. The molecule has 2 aromatic carbocycles. The molecular weight excluding hydrogens is 404 g/mol. The van der Waals surface area contributed by atoms with Crippen LogP contribution in [0.4, 0.5) is 11.4 Å². The van der Waals surface area contributed by atoms with Crippen LogP contribution >= 0.6 is 0 Å². The normalized spacial score (nSPS) is 16.4. The molecule has 0 atom stereocenters. The molecule has 1 saturated carbocycles. The number of benzene rings is 2. The molecule has 1 N–H and O–H groups in total. The quantitative estimate of drug-likeness (QED) is 0.757. The molecule has 0 unspecified atom stereocenters. The molecule has 0 bridgehead atoms. The predicted octanol–water partition coefficient (Wildman–Crippen LogP) is 3.58. The Morgan fingerprint density at radius 3 is 2.53 bits per heavy atom. The fourth-order valence-corrected chi connectivity index (χ4v) is 5.50. The third kappa shape index (κ3) is 3.84. The van der Waals surface area contributed by atoms with Gasteiger partial charge in [0.15, 0.2) is 0 Å². The number of carbonyl (C=O) groups is 1. The lowest BCUT2D eigenvalue weighted by atomic mass is 10.1. The fourth-order valence-electron chi connectivity index (χ4n) is 4.29. The molecule has 0 radical (unpaired) electrons. The first kappa shape index (κ1) is 20.5. The summed E-state index contributed by atoms with van der Waals surface area (Å²) in [4.78, 5) is 14.7. The molecule has 0 spiro atoms. The summed E-state index contributed by atoms with van der Waals surface area (Å²) in [6, 6.07) is 9.90. The molecule has 2 aliphatic rings. The third-order valence-corrected chi connectivity index (χ3v) is 7.28. The summed E-state index contributed by atoms with van der Waals surface area (Å²) < 4.78 is 38.8. The number of carbonyl (C=O) groups excluding carboxylic acids is 1. The monoisotopic (exact) mass is 430 g/mol. The van der Waals surface area contributed by atoms with E-state index in [4.69, 9.17) is 9.47 Å². The van der Waals surface area contributed by atoms with E-state index in [1.165, 1.54) is 26.4 Å². The number of nitrogens with zero attached hydrogens (tertiary/aromatic N) is 1. The summed E-state index contributed by atoms with van der Waals surface area (Å²) in [5, 5.41) is 0. The summed E-state index contributed by atoms with van der Waals surface area (Å²) in [5.74, 6) is 1.03. The molecule has 1 amide bonds. The highest BCUT2D eigenvalue weighted by Gasteiger charge is 2.32. The molecule has 2 aromatic rings. The zero-order chi connectivity index (χ0) is 21.3.